The monoisotopic (exact) mass is 349 g/mol. The molecule has 0 aliphatic carbocycles. The van der Waals surface area contributed by atoms with Crippen molar-refractivity contribution in [1.82, 2.24) is 19.6 Å². The van der Waals surface area contributed by atoms with Crippen molar-refractivity contribution in [2.24, 2.45) is 0 Å². The van der Waals surface area contributed by atoms with Gasteiger partial charge in [-0.05, 0) is 24.3 Å². The summed E-state index contributed by atoms with van der Waals surface area (Å²) in [6.45, 7) is 0. The van der Waals surface area contributed by atoms with Gasteiger partial charge < -0.3 is 4.90 Å². The standard InChI is InChI=1S/C16H14F3N5O/c1-23(2)15-7-11(16(17,18)19)6-14-21-13(22-24(14)15)8-12(25)10-4-3-5-20-9-10/h3-7,9H,8H2,1-2H3. The zero-order valence-electron chi connectivity index (χ0n) is 13.4. The number of anilines is 1. The van der Waals surface area contributed by atoms with Gasteiger partial charge in [0, 0.05) is 32.1 Å². The van der Waals surface area contributed by atoms with Crippen molar-refractivity contribution in [3.05, 3.63) is 53.6 Å². The fourth-order valence-corrected chi connectivity index (χ4v) is 2.34. The van der Waals surface area contributed by atoms with Crippen LogP contribution in [0, 0.1) is 0 Å². The molecule has 0 spiro atoms. The van der Waals surface area contributed by atoms with Crippen LogP contribution in [-0.4, -0.2) is 39.5 Å². The third-order valence-corrected chi connectivity index (χ3v) is 3.55. The van der Waals surface area contributed by atoms with Crippen molar-refractivity contribution in [2.45, 2.75) is 12.6 Å². The van der Waals surface area contributed by atoms with Crippen molar-refractivity contribution in [3.8, 4) is 0 Å². The molecule has 0 bridgehead atoms. The minimum Gasteiger partial charge on any atom is -0.363 e. The van der Waals surface area contributed by atoms with E-state index in [-0.39, 0.29) is 29.5 Å². The van der Waals surface area contributed by atoms with Crippen molar-refractivity contribution in [1.29, 1.82) is 0 Å². The molecule has 0 saturated carbocycles. The highest BCUT2D eigenvalue weighted by Gasteiger charge is 2.32. The van der Waals surface area contributed by atoms with Gasteiger partial charge in [-0.2, -0.15) is 17.7 Å². The van der Waals surface area contributed by atoms with E-state index < -0.39 is 11.7 Å². The van der Waals surface area contributed by atoms with E-state index in [0.29, 0.717) is 5.56 Å². The molecule has 0 amide bonds. The molecule has 3 rings (SSSR count). The summed E-state index contributed by atoms with van der Waals surface area (Å²) >= 11 is 0. The number of ketones is 1. The first kappa shape index (κ1) is 16.9. The summed E-state index contributed by atoms with van der Waals surface area (Å²) < 4.78 is 40.5. The lowest BCUT2D eigenvalue weighted by atomic mass is 10.1. The summed E-state index contributed by atoms with van der Waals surface area (Å²) in [5.41, 5.74) is -0.390. The third kappa shape index (κ3) is 3.44. The maximum absolute atomic E-state index is 13.1. The second-order valence-electron chi connectivity index (χ2n) is 5.63. The number of Topliss-reactive ketones (excluding diaryl/α,β-unsaturated/α-hetero) is 1. The minimum atomic E-state index is -4.50. The Hall–Kier alpha value is -2.97. The van der Waals surface area contributed by atoms with Crippen LogP contribution in [-0.2, 0) is 12.6 Å². The average molecular weight is 349 g/mol. The predicted molar refractivity (Wildman–Crippen MR) is 84.6 cm³/mol. The number of hydrogen-bond acceptors (Lipinski definition) is 5. The van der Waals surface area contributed by atoms with E-state index in [0.717, 1.165) is 12.1 Å². The van der Waals surface area contributed by atoms with Crippen LogP contribution in [0.3, 0.4) is 0 Å². The lowest BCUT2D eigenvalue weighted by Crippen LogP contribution is -2.16. The van der Waals surface area contributed by atoms with Crippen LogP contribution in [0.2, 0.25) is 0 Å². The van der Waals surface area contributed by atoms with Gasteiger partial charge in [-0.15, -0.1) is 5.10 Å². The molecule has 6 nitrogen and oxygen atoms in total. The summed E-state index contributed by atoms with van der Waals surface area (Å²) in [4.78, 5) is 21.7. The Morgan fingerprint density at radius 3 is 2.64 bits per heavy atom. The van der Waals surface area contributed by atoms with Gasteiger partial charge in [-0.3, -0.25) is 9.78 Å². The summed E-state index contributed by atoms with van der Waals surface area (Å²) in [5, 5.41) is 4.18. The molecular weight excluding hydrogens is 335 g/mol. The number of nitrogens with zero attached hydrogens (tertiary/aromatic N) is 5. The molecule has 130 valence electrons. The zero-order valence-corrected chi connectivity index (χ0v) is 13.4. The van der Waals surface area contributed by atoms with E-state index in [4.69, 9.17) is 0 Å². The zero-order chi connectivity index (χ0) is 18.2. The van der Waals surface area contributed by atoms with Crippen LogP contribution in [0.1, 0.15) is 21.7 Å². The first-order valence-corrected chi connectivity index (χ1v) is 7.33. The number of fused-ring (bicyclic) bond motifs is 1. The molecule has 3 heterocycles. The molecule has 3 aromatic heterocycles. The number of halogens is 3. The van der Waals surface area contributed by atoms with Crippen LogP contribution in [0.25, 0.3) is 5.65 Å². The second-order valence-corrected chi connectivity index (χ2v) is 5.63. The fourth-order valence-electron chi connectivity index (χ4n) is 2.34. The summed E-state index contributed by atoms with van der Waals surface area (Å²) in [6.07, 6.45) is -1.65. The molecule has 0 radical (unpaired) electrons. The highest BCUT2D eigenvalue weighted by atomic mass is 19.4. The van der Waals surface area contributed by atoms with Crippen LogP contribution >= 0.6 is 0 Å². The Kier molecular flexibility index (Phi) is 4.15. The van der Waals surface area contributed by atoms with Gasteiger partial charge in [0.2, 0.25) is 0 Å². The van der Waals surface area contributed by atoms with Crippen molar-refractivity contribution >= 4 is 17.2 Å². The number of carbonyl (C=O) groups is 1. The summed E-state index contributed by atoms with van der Waals surface area (Å²) in [5.74, 6) is 0.111. The lowest BCUT2D eigenvalue weighted by Gasteiger charge is -2.16. The van der Waals surface area contributed by atoms with Crippen molar-refractivity contribution in [2.75, 3.05) is 19.0 Å². The fraction of sp³-hybridized carbons (Fsp3) is 0.250. The lowest BCUT2D eigenvalue weighted by molar-refractivity contribution is -0.137. The highest BCUT2D eigenvalue weighted by Crippen LogP contribution is 2.32. The molecule has 25 heavy (non-hydrogen) atoms. The Bertz CT molecular complexity index is 919. The van der Waals surface area contributed by atoms with Gasteiger partial charge in [0.1, 0.15) is 5.82 Å². The van der Waals surface area contributed by atoms with Gasteiger partial charge in [0.15, 0.2) is 17.3 Å². The molecule has 0 aliphatic rings. The average Bonchev–Trinajstić information content (AvgIpc) is 2.95. The largest absolute Gasteiger partial charge is 0.416 e. The number of alkyl halides is 3. The summed E-state index contributed by atoms with van der Waals surface area (Å²) in [6, 6.07) is 5.15. The van der Waals surface area contributed by atoms with E-state index in [1.165, 1.54) is 15.6 Å². The number of rotatable bonds is 4. The maximum atomic E-state index is 13.1. The Labute approximate surface area is 140 Å². The molecule has 0 atom stereocenters. The van der Waals surface area contributed by atoms with Crippen LogP contribution in [0.4, 0.5) is 19.0 Å². The number of carbonyl (C=O) groups excluding carboxylic acids is 1. The number of pyridine rings is 2. The van der Waals surface area contributed by atoms with E-state index in [1.54, 1.807) is 32.4 Å². The van der Waals surface area contributed by atoms with Gasteiger partial charge >= 0.3 is 6.18 Å². The second kappa shape index (κ2) is 6.15. The van der Waals surface area contributed by atoms with Crippen molar-refractivity contribution < 1.29 is 18.0 Å². The Balaban J connectivity index is 2.01. The third-order valence-electron chi connectivity index (χ3n) is 3.55. The first-order valence-electron chi connectivity index (χ1n) is 7.33. The normalized spacial score (nSPS) is 11.7. The molecular formula is C16H14F3N5O. The molecule has 0 unspecified atom stereocenters. The first-order chi connectivity index (χ1) is 11.8. The minimum absolute atomic E-state index is 0.0347. The molecule has 0 saturated heterocycles. The van der Waals surface area contributed by atoms with Gasteiger partial charge in [0.25, 0.3) is 0 Å². The topological polar surface area (TPSA) is 63.4 Å². The molecule has 3 aromatic rings. The maximum Gasteiger partial charge on any atom is 0.416 e. The highest BCUT2D eigenvalue weighted by molar-refractivity contribution is 5.96. The quantitative estimate of drug-likeness (QED) is 0.678. The molecule has 0 aliphatic heterocycles. The summed E-state index contributed by atoms with van der Waals surface area (Å²) in [7, 11) is 3.22. The van der Waals surface area contributed by atoms with Gasteiger partial charge in [-0.25, -0.2) is 4.98 Å². The van der Waals surface area contributed by atoms with E-state index in [9.17, 15) is 18.0 Å². The molecule has 0 aromatic carbocycles. The van der Waals surface area contributed by atoms with Crippen LogP contribution in [0.5, 0.6) is 0 Å². The SMILES string of the molecule is CN(C)c1cc(C(F)(F)F)cc2nc(CC(=O)c3cccnc3)nn12. The Morgan fingerprint density at radius 2 is 2.04 bits per heavy atom. The van der Waals surface area contributed by atoms with Gasteiger partial charge in [-0.1, -0.05) is 0 Å². The Morgan fingerprint density at radius 1 is 1.28 bits per heavy atom. The van der Waals surface area contributed by atoms with Crippen molar-refractivity contribution in [3.63, 3.8) is 0 Å². The number of aromatic nitrogens is 4. The predicted octanol–water partition coefficient (Wildman–Crippen LogP) is 2.63. The van der Waals surface area contributed by atoms with Crippen LogP contribution in [0.15, 0.2) is 36.7 Å². The molecule has 9 heteroatoms. The van der Waals surface area contributed by atoms with Crippen LogP contribution < -0.4 is 4.90 Å². The van der Waals surface area contributed by atoms with E-state index in [1.807, 2.05) is 0 Å². The van der Waals surface area contributed by atoms with E-state index >= 15 is 0 Å². The number of hydrogen-bond donors (Lipinski definition) is 0. The van der Waals surface area contributed by atoms with Gasteiger partial charge in [0.05, 0.1) is 12.0 Å². The van der Waals surface area contributed by atoms with E-state index in [2.05, 4.69) is 15.1 Å². The molecule has 0 fully saturated rings. The smallest absolute Gasteiger partial charge is 0.363 e. The molecule has 0 N–H and O–H groups in total.